The number of amides is 1. The van der Waals surface area contributed by atoms with Gasteiger partial charge < -0.3 is 14.2 Å². The number of nitrogens with zero attached hydrogens (tertiary/aromatic N) is 4. The van der Waals surface area contributed by atoms with E-state index in [0.717, 1.165) is 24.3 Å². The van der Waals surface area contributed by atoms with Gasteiger partial charge >= 0.3 is 0 Å². The first-order valence-corrected chi connectivity index (χ1v) is 13.1. The Balaban J connectivity index is 1.88. The molecule has 1 aromatic heterocycles. The Kier molecular flexibility index (Phi) is 8.33. The molecule has 0 bridgehead atoms. The SMILES string of the molecule is CCCn1c(CCC(=O)N(C)c2ccccc2OC)nc2cc(S(=O)(=O)N(CC)CC)ccc21. The number of para-hydroxylation sites is 2. The van der Waals surface area contributed by atoms with Gasteiger partial charge in [0, 0.05) is 39.5 Å². The van der Waals surface area contributed by atoms with Crippen molar-refractivity contribution in [1.82, 2.24) is 13.9 Å². The highest BCUT2D eigenvalue weighted by Gasteiger charge is 2.23. The molecular weight excluding hydrogens is 452 g/mol. The molecule has 2 aromatic carbocycles. The summed E-state index contributed by atoms with van der Waals surface area (Å²) in [5.41, 5.74) is 2.21. The van der Waals surface area contributed by atoms with E-state index >= 15 is 0 Å². The molecule has 1 amide bonds. The number of rotatable bonds is 11. The van der Waals surface area contributed by atoms with Gasteiger partial charge in [-0.2, -0.15) is 4.31 Å². The highest BCUT2D eigenvalue weighted by Crippen LogP contribution is 2.28. The van der Waals surface area contributed by atoms with Gasteiger partial charge in [-0.15, -0.1) is 0 Å². The van der Waals surface area contributed by atoms with Gasteiger partial charge in [-0.3, -0.25) is 4.79 Å². The van der Waals surface area contributed by atoms with Gasteiger partial charge in [0.1, 0.15) is 11.6 Å². The third-order valence-electron chi connectivity index (χ3n) is 5.97. The average Bonchev–Trinajstić information content (AvgIpc) is 3.19. The van der Waals surface area contributed by atoms with E-state index in [4.69, 9.17) is 9.72 Å². The van der Waals surface area contributed by atoms with Crippen LogP contribution >= 0.6 is 0 Å². The molecule has 0 saturated heterocycles. The summed E-state index contributed by atoms with van der Waals surface area (Å²) in [5.74, 6) is 1.36. The van der Waals surface area contributed by atoms with Crippen molar-refractivity contribution in [2.24, 2.45) is 0 Å². The van der Waals surface area contributed by atoms with Crippen LogP contribution < -0.4 is 9.64 Å². The lowest BCUT2D eigenvalue weighted by molar-refractivity contribution is -0.118. The number of aromatic nitrogens is 2. The Bertz CT molecular complexity index is 1250. The number of anilines is 1. The van der Waals surface area contributed by atoms with Crippen LogP contribution in [0.3, 0.4) is 0 Å². The molecule has 0 aliphatic heterocycles. The van der Waals surface area contributed by atoms with Crippen LogP contribution in [0.5, 0.6) is 5.75 Å². The lowest BCUT2D eigenvalue weighted by Crippen LogP contribution is -2.30. The minimum atomic E-state index is -3.57. The number of fused-ring (bicyclic) bond motifs is 1. The van der Waals surface area contributed by atoms with E-state index in [1.807, 2.05) is 44.2 Å². The van der Waals surface area contributed by atoms with Crippen molar-refractivity contribution in [1.29, 1.82) is 0 Å². The third-order valence-corrected chi connectivity index (χ3v) is 8.02. The molecule has 0 radical (unpaired) electrons. The zero-order valence-corrected chi connectivity index (χ0v) is 21.4. The van der Waals surface area contributed by atoms with Gasteiger partial charge in [-0.1, -0.05) is 32.9 Å². The minimum Gasteiger partial charge on any atom is -0.495 e. The number of imidazole rings is 1. The molecule has 0 fully saturated rings. The van der Waals surface area contributed by atoms with Crippen molar-refractivity contribution in [3.05, 3.63) is 48.3 Å². The van der Waals surface area contributed by atoms with Crippen LogP contribution in [-0.4, -0.2) is 55.4 Å². The zero-order valence-electron chi connectivity index (χ0n) is 20.6. The van der Waals surface area contributed by atoms with E-state index < -0.39 is 10.0 Å². The second-order valence-electron chi connectivity index (χ2n) is 8.04. The maximum absolute atomic E-state index is 13.0. The molecule has 0 aliphatic rings. The average molecular weight is 487 g/mol. The molecule has 0 aliphatic carbocycles. The Hall–Kier alpha value is -2.91. The molecule has 0 spiro atoms. The number of hydrogen-bond acceptors (Lipinski definition) is 5. The van der Waals surface area contributed by atoms with Crippen LogP contribution in [0.25, 0.3) is 11.0 Å². The van der Waals surface area contributed by atoms with Gasteiger partial charge in [0.2, 0.25) is 15.9 Å². The summed E-state index contributed by atoms with van der Waals surface area (Å²) in [6.45, 7) is 7.29. The van der Waals surface area contributed by atoms with E-state index in [9.17, 15) is 13.2 Å². The molecule has 0 unspecified atom stereocenters. The predicted octanol–water partition coefficient (Wildman–Crippen LogP) is 4.08. The van der Waals surface area contributed by atoms with Crippen LogP contribution in [-0.2, 0) is 27.8 Å². The van der Waals surface area contributed by atoms with Crippen LogP contribution in [0.2, 0.25) is 0 Å². The molecule has 3 rings (SSSR count). The standard InChI is InChI=1S/C25H34N4O4S/c1-6-17-29-21-14-13-19(34(31,32)28(7-2)8-3)18-20(21)26-24(29)15-16-25(30)27(4)22-11-9-10-12-23(22)33-5/h9-14,18H,6-8,15-17H2,1-5H3. The highest BCUT2D eigenvalue weighted by molar-refractivity contribution is 7.89. The fraction of sp³-hybridized carbons (Fsp3) is 0.440. The number of sulfonamides is 1. The number of aryl methyl sites for hydroxylation is 2. The summed E-state index contributed by atoms with van der Waals surface area (Å²) in [7, 11) is -0.253. The fourth-order valence-electron chi connectivity index (χ4n) is 4.12. The molecule has 9 heteroatoms. The molecule has 0 saturated carbocycles. The van der Waals surface area contributed by atoms with Gasteiger partial charge in [-0.05, 0) is 36.8 Å². The number of carbonyl (C=O) groups is 1. The summed E-state index contributed by atoms with van der Waals surface area (Å²) in [5, 5.41) is 0. The lowest BCUT2D eigenvalue weighted by Gasteiger charge is -2.20. The van der Waals surface area contributed by atoms with E-state index in [-0.39, 0.29) is 17.2 Å². The third kappa shape index (κ3) is 5.10. The zero-order chi connectivity index (χ0) is 24.9. The summed E-state index contributed by atoms with van der Waals surface area (Å²) in [4.78, 5) is 19.5. The van der Waals surface area contributed by atoms with Crippen LogP contribution in [0.15, 0.2) is 47.4 Å². The first kappa shape index (κ1) is 25.7. The molecule has 1 heterocycles. The second kappa shape index (κ2) is 11.0. The van der Waals surface area contributed by atoms with Crippen molar-refractivity contribution >= 4 is 32.7 Å². The quantitative estimate of drug-likeness (QED) is 0.408. The molecule has 34 heavy (non-hydrogen) atoms. The minimum absolute atomic E-state index is 0.0515. The number of hydrogen-bond donors (Lipinski definition) is 0. The Labute approximate surface area is 202 Å². The van der Waals surface area contributed by atoms with Crippen LogP contribution in [0.4, 0.5) is 5.69 Å². The number of methoxy groups -OCH3 is 1. The largest absolute Gasteiger partial charge is 0.495 e. The van der Waals surface area contributed by atoms with Crippen molar-refractivity contribution in [3.63, 3.8) is 0 Å². The van der Waals surface area contributed by atoms with Crippen LogP contribution in [0, 0.1) is 0 Å². The molecule has 184 valence electrons. The monoisotopic (exact) mass is 486 g/mol. The predicted molar refractivity (Wildman–Crippen MR) is 135 cm³/mol. The second-order valence-corrected chi connectivity index (χ2v) is 9.98. The highest BCUT2D eigenvalue weighted by atomic mass is 32.2. The molecule has 8 nitrogen and oxygen atoms in total. The Morgan fingerprint density at radius 1 is 1.09 bits per heavy atom. The summed E-state index contributed by atoms with van der Waals surface area (Å²) in [6, 6.07) is 12.5. The lowest BCUT2D eigenvalue weighted by atomic mass is 10.2. The first-order chi connectivity index (χ1) is 16.3. The van der Waals surface area contributed by atoms with E-state index in [1.54, 1.807) is 31.2 Å². The van der Waals surface area contributed by atoms with Crippen LogP contribution in [0.1, 0.15) is 39.4 Å². The fourth-order valence-corrected chi connectivity index (χ4v) is 5.60. The van der Waals surface area contributed by atoms with Gasteiger partial charge in [0.25, 0.3) is 0 Å². The van der Waals surface area contributed by atoms with Gasteiger partial charge in [0.15, 0.2) is 0 Å². The van der Waals surface area contributed by atoms with Gasteiger partial charge in [-0.25, -0.2) is 13.4 Å². The number of benzene rings is 2. The summed E-state index contributed by atoms with van der Waals surface area (Å²) >= 11 is 0. The van der Waals surface area contributed by atoms with Crippen molar-refractivity contribution in [2.45, 2.75) is 51.5 Å². The molecular formula is C25H34N4O4S. The smallest absolute Gasteiger partial charge is 0.243 e. The molecule has 0 atom stereocenters. The number of ether oxygens (including phenoxy) is 1. The van der Waals surface area contributed by atoms with Crippen molar-refractivity contribution < 1.29 is 17.9 Å². The molecule has 0 N–H and O–H groups in total. The number of carbonyl (C=O) groups excluding carboxylic acids is 1. The Morgan fingerprint density at radius 2 is 1.79 bits per heavy atom. The van der Waals surface area contributed by atoms with Gasteiger partial charge in [0.05, 0.1) is 28.7 Å². The maximum Gasteiger partial charge on any atom is 0.243 e. The van der Waals surface area contributed by atoms with E-state index in [2.05, 4.69) is 11.5 Å². The topological polar surface area (TPSA) is 84.7 Å². The molecule has 3 aromatic rings. The normalized spacial score (nSPS) is 11.8. The Morgan fingerprint density at radius 3 is 2.44 bits per heavy atom. The van der Waals surface area contributed by atoms with E-state index in [0.29, 0.717) is 36.5 Å². The van der Waals surface area contributed by atoms with E-state index in [1.165, 1.54) is 4.31 Å². The summed E-state index contributed by atoms with van der Waals surface area (Å²) < 4.78 is 34.8. The maximum atomic E-state index is 13.0. The summed E-state index contributed by atoms with van der Waals surface area (Å²) in [6.07, 6.45) is 1.62. The van der Waals surface area contributed by atoms with Crippen molar-refractivity contribution in [2.75, 3.05) is 32.1 Å². The van der Waals surface area contributed by atoms with Crippen molar-refractivity contribution in [3.8, 4) is 5.75 Å². The first-order valence-electron chi connectivity index (χ1n) is 11.7.